The van der Waals surface area contributed by atoms with Crippen molar-refractivity contribution in [2.24, 2.45) is 5.92 Å². The predicted molar refractivity (Wildman–Crippen MR) is 153 cm³/mol. The molecule has 1 aliphatic heterocycles. The van der Waals surface area contributed by atoms with E-state index in [0.717, 1.165) is 18.4 Å². The van der Waals surface area contributed by atoms with Gasteiger partial charge in [0.1, 0.15) is 35.5 Å². The molecule has 0 bridgehead atoms. The molecule has 2 aromatic carbocycles. The Kier molecular flexibility index (Phi) is 10.2. The standard InChI is InChI=1S/C31H41FN4O5/c1-19-18-34-28(22-12-13-22)31(39)36(3)20(2)29(37)35-25(17-21-10-14-23(32)15-11-21)30(38)33-16-6-7-24-26(40-4)8-5-9-27(24)41-19/h5,8-11,14-15,19-20,22,25,28,34H,6-7,12-13,16-18H2,1-4H3,(H,33,38)(H,35,37). The maximum Gasteiger partial charge on any atom is 0.243 e. The summed E-state index contributed by atoms with van der Waals surface area (Å²) in [4.78, 5) is 41.6. The molecule has 1 aliphatic carbocycles. The number of likely N-dealkylation sites (N-methyl/N-ethyl adjacent to an activating group) is 1. The summed E-state index contributed by atoms with van der Waals surface area (Å²) in [5.74, 6) is 0.252. The number of halogens is 1. The summed E-state index contributed by atoms with van der Waals surface area (Å²) in [6.07, 6.45) is 3.03. The summed E-state index contributed by atoms with van der Waals surface area (Å²) >= 11 is 0. The number of rotatable bonds is 4. The number of nitrogens with zero attached hydrogens (tertiary/aromatic N) is 1. The van der Waals surface area contributed by atoms with E-state index in [2.05, 4.69) is 16.0 Å². The van der Waals surface area contributed by atoms with Gasteiger partial charge in [-0.2, -0.15) is 0 Å². The van der Waals surface area contributed by atoms with E-state index in [1.807, 2.05) is 25.1 Å². The summed E-state index contributed by atoms with van der Waals surface area (Å²) in [7, 11) is 3.22. The lowest BCUT2D eigenvalue weighted by molar-refractivity contribution is -0.141. The maximum absolute atomic E-state index is 13.5. The van der Waals surface area contributed by atoms with Crippen molar-refractivity contribution in [3.8, 4) is 11.5 Å². The van der Waals surface area contributed by atoms with Crippen LogP contribution >= 0.6 is 0 Å². The van der Waals surface area contributed by atoms with Crippen LogP contribution in [0.25, 0.3) is 0 Å². The van der Waals surface area contributed by atoms with Crippen molar-refractivity contribution in [1.29, 1.82) is 0 Å². The first-order valence-corrected chi connectivity index (χ1v) is 14.3. The van der Waals surface area contributed by atoms with Crippen molar-refractivity contribution in [2.75, 3.05) is 27.2 Å². The lowest BCUT2D eigenvalue weighted by atomic mass is 10.0. The Bertz CT molecular complexity index is 1220. The minimum absolute atomic E-state index is 0.176. The highest BCUT2D eigenvalue weighted by Crippen LogP contribution is 2.34. The molecule has 9 nitrogen and oxygen atoms in total. The van der Waals surface area contributed by atoms with Gasteiger partial charge in [0.2, 0.25) is 17.7 Å². The fourth-order valence-corrected chi connectivity index (χ4v) is 5.07. The zero-order chi connectivity index (χ0) is 29.5. The number of carbonyl (C=O) groups is 3. The average molecular weight is 569 g/mol. The summed E-state index contributed by atoms with van der Waals surface area (Å²) in [5.41, 5.74) is 1.60. The molecule has 41 heavy (non-hydrogen) atoms. The van der Waals surface area contributed by atoms with Crippen molar-refractivity contribution in [1.82, 2.24) is 20.9 Å². The zero-order valence-electron chi connectivity index (χ0n) is 24.2. The maximum atomic E-state index is 13.5. The molecule has 2 aromatic rings. The van der Waals surface area contributed by atoms with Crippen LogP contribution in [0.5, 0.6) is 11.5 Å². The van der Waals surface area contributed by atoms with Crippen LogP contribution in [-0.4, -0.2) is 74.1 Å². The summed E-state index contributed by atoms with van der Waals surface area (Å²) < 4.78 is 25.4. The highest BCUT2D eigenvalue weighted by Gasteiger charge is 2.39. The Balaban J connectivity index is 1.60. The molecule has 0 radical (unpaired) electrons. The number of nitrogens with one attached hydrogen (secondary N) is 3. The van der Waals surface area contributed by atoms with Crippen molar-refractivity contribution in [2.45, 2.75) is 70.2 Å². The molecule has 2 aliphatic rings. The van der Waals surface area contributed by atoms with Gasteiger partial charge in [-0.25, -0.2) is 4.39 Å². The fourth-order valence-electron chi connectivity index (χ4n) is 5.07. The van der Waals surface area contributed by atoms with Crippen molar-refractivity contribution in [3.05, 3.63) is 59.4 Å². The molecule has 1 heterocycles. The molecule has 0 aromatic heterocycles. The third-order valence-electron chi connectivity index (χ3n) is 7.82. The van der Waals surface area contributed by atoms with E-state index in [0.29, 0.717) is 43.0 Å². The van der Waals surface area contributed by atoms with E-state index in [1.165, 1.54) is 17.0 Å². The van der Waals surface area contributed by atoms with Crippen LogP contribution in [0.2, 0.25) is 0 Å². The number of hydrogen-bond donors (Lipinski definition) is 3. The van der Waals surface area contributed by atoms with Gasteiger partial charge in [0, 0.05) is 32.1 Å². The minimum Gasteiger partial charge on any atom is -0.496 e. The van der Waals surface area contributed by atoms with Gasteiger partial charge in [0.15, 0.2) is 0 Å². The highest BCUT2D eigenvalue weighted by atomic mass is 19.1. The second kappa shape index (κ2) is 13.8. The number of hydrogen-bond acceptors (Lipinski definition) is 6. The molecule has 3 amide bonds. The van der Waals surface area contributed by atoms with E-state index >= 15 is 0 Å². The summed E-state index contributed by atoms with van der Waals surface area (Å²) in [6.45, 7) is 4.41. The first kappa shape index (κ1) is 30.3. The Labute approximate surface area is 241 Å². The first-order valence-electron chi connectivity index (χ1n) is 14.3. The second-order valence-electron chi connectivity index (χ2n) is 11.0. The lowest BCUT2D eigenvalue weighted by Gasteiger charge is -2.31. The van der Waals surface area contributed by atoms with Crippen LogP contribution in [0.15, 0.2) is 42.5 Å². The van der Waals surface area contributed by atoms with Gasteiger partial charge in [-0.15, -0.1) is 0 Å². The molecular weight excluding hydrogens is 527 g/mol. The van der Waals surface area contributed by atoms with Gasteiger partial charge < -0.3 is 30.3 Å². The first-order chi connectivity index (χ1) is 19.7. The molecule has 0 saturated heterocycles. The number of benzene rings is 2. The van der Waals surface area contributed by atoms with E-state index in [4.69, 9.17) is 9.47 Å². The zero-order valence-corrected chi connectivity index (χ0v) is 24.2. The van der Waals surface area contributed by atoms with E-state index < -0.39 is 24.0 Å². The Morgan fingerprint density at radius 3 is 2.46 bits per heavy atom. The van der Waals surface area contributed by atoms with Gasteiger partial charge >= 0.3 is 0 Å². The third-order valence-corrected chi connectivity index (χ3v) is 7.82. The van der Waals surface area contributed by atoms with E-state index in [1.54, 1.807) is 33.2 Å². The van der Waals surface area contributed by atoms with Crippen LogP contribution in [-0.2, 0) is 27.2 Å². The largest absolute Gasteiger partial charge is 0.496 e. The molecule has 10 heteroatoms. The Morgan fingerprint density at radius 2 is 1.78 bits per heavy atom. The predicted octanol–water partition coefficient (Wildman–Crippen LogP) is 2.61. The topological polar surface area (TPSA) is 109 Å². The van der Waals surface area contributed by atoms with E-state index in [-0.39, 0.29) is 36.1 Å². The normalized spacial score (nSPS) is 25.2. The number of fused-ring (bicyclic) bond motifs is 1. The monoisotopic (exact) mass is 568 g/mol. The van der Waals surface area contributed by atoms with Crippen molar-refractivity contribution < 1.29 is 28.2 Å². The fraction of sp³-hybridized carbons (Fsp3) is 0.516. The quantitative estimate of drug-likeness (QED) is 0.524. The van der Waals surface area contributed by atoms with E-state index in [9.17, 15) is 18.8 Å². The molecule has 0 spiro atoms. The molecule has 3 N–H and O–H groups in total. The molecule has 4 unspecified atom stereocenters. The molecular formula is C31H41FN4O5. The van der Waals surface area contributed by atoms with Gasteiger partial charge in [-0.1, -0.05) is 18.2 Å². The van der Waals surface area contributed by atoms with Crippen LogP contribution < -0.4 is 25.4 Å². The number of methoxy groups -OCH3 is 1. The molecule has 1 saturated carbocycles. The second-order valence-corrected chi connectivity index (χ2v) is 11.0. The summed E-state index contributed by atoms with van der Waals surface area (Å²) in [6, 6.07) is 9.34. The highest BCUT2D eigenvalue weighted by molar-refractivity contribution is 5.93. The molecule has 4 atom stereocenters. The Morgan fingerprint density at radius 1 is 1.05 bits per heavy atom. The van der Waals surface area contributed by atoms with Crippen molar-refractivity contribution >= 4 is 17.7 Å². The lowest BCUT2D eigenvalue weighted by Crippen LogP contribution is -2.57. The van der Waals surface area contributed by atoms with Gasteiger partial charge in [-0.3, -0.25) is 14.4 Å². The SMILES string of the molecule is COc1cccc2c1CCCNC(=O)C(Cc1ccc(F)cc1)NC(=O)C(C)N(C)C(=O)C(C1CC1)NCC(C)O2. The minimum atomic E-state index is -0.902. The summed E-state index contributed by atoms with van der Waals surface area (Å²) in [5, 5.41) is 9.16. The van der Waals surface area contributed by atoms with Crippen LogP contribution in [0.3, 0.4) is 0 Å². The number of carbonyl (C=O) groups excluding carboxylic acids is 3. The van der Waals surface area contributed by atoms with Crippen molar-refractivity contribution in [3.63, 3.8) is 0 Å². The van der Waals surface area contributed by atoms with Crippen LogP contribution in [0.4, 0.5) is 4.39 Å². The molecule has 1 fully saturated rings. The van der Waals surface area contributed by atoms with Gasteiger partial charge in [0.05, 0.1) is 13.2 Å². The smallest absolute Gasteiger partial charge is 0.243 e. The van der Waals surface area contributed by atoms with Crippen LogP contribution in [0, 0.1) is 11.7 Å². The molecule has 4 rings (SSSR count). The number of ether oxygens (including phenoxy) is 2. The Hall–Kier alpha value is -3.66. The van der Waals surface area contributed by atoms with Crippen LogP contribution in [0.1, 0.15) is 44.2 Å². The number of amides is 3. The van der Waals surface area contributed by atoms with Gasteiger partial charge in [-0.05, 0) is 75.3 Å². The van der Waals surface area contributed by atoms with Gasteiger partial charge in [0.25, 0.3) is 0 Å². The average Bonchev–Trinajstić information content (AvgIpc) is 3.80. The third kappa shape index (κ3) is 7.97. The molecule has 222 valence electrons.